The van der Waals surface area contributed by atoms with Crippen molar-refractivity contribution in [1.82, 2.24) is 0 Å². The van der Waals surface area contributed by atoms with Crippen molar-refractivity contribution in [3.8, 4) is 5.75 Å². The van der Waals surface area contributed by atoms with E-state index in [0.29, 0.717) is 10.9 Å². The Hall–Kier alpha value is -1.90. The van der Waals surface area contributed by atoms with Crippen LogP contribution in [-0.4, -0.2) is 5.11 Å². The summed E-state index contributed by atoms with van der Waals surface area (Å²) < 4.78 is 27.6. The Labute approximate surface area is 104 Å². The molecule has 0 heterocycles. The quantitative estimate of drug-likeness (QED) is 0.824. The van der Waals surface area contributed by atoms with E-state index < -0.39 is 17.4 Å². The van der Waals surface area contributed by atoms with Crippen LogP contribution in [0.15, 0.2) is 24.8 Å². The zero-order valence-electron chi connectivity index (χ0n) is 10.3. The van der Waals surface area contributed by atoms with Crippen LogP contribution in [0.2, 0.25) is 0 Å². The van der Waals surface area contributed by atoms with Crippen LogP contribution < -0.4 is 0 Å². The van der Waals surface area contributed by atoms with Crippen molar-refractivity contribution in [2.45, 2.75) is 19.8 Å². The molecule has 0 radical (unpaired) electrons. The number of fused-ring (bicyclic) bond motifs is 1. The van der Waals surface area contributed by atoms with E-state index in [4.69, 9.17) is 0 Å². The Morgan fingerprint density at radius 1 is 1.28 bits per heavy atom. The number of benzene rings is 2. The third-order valence-corrected chi connectivity index (χ3v) is 3.06. The largest absolute Gasteiger partial charge is 0.505 e. The van der Waals surface area contributed by atoms with Crippen LogP contribution in [0.3, 0.4) is 0 Å². The van der Waals surface area contributed by atoms with E-state index in [0.717, 1.165) is 0 Å². The molecule has 1 nitrogen and oxygen atoms in total. The van der Waals surface area contributed by atoms with Gasteiger partial charge in [0.05, 0.1) is 0 Å². The average molecular weight is 248 g/mol. The first-order valence-electron chi connectivity index (χ1n) is 5.73. The van der Waals surface area contributed by atoms with Gasteiger partial charge in [0.25, 0.3) is 0 Å². The zero-order chi connectivity index (χ0) is 13.4. The molecular formula is C15H14F2O. The van der Waals surface area contributed by atoms with E-state index in [9.17, 15) is 13.9 Å². The predicted octanol–water partition coefficient (Wildman–Crippen LogP) is 4.59. The van der Waals surface area contributed by atoms with Crippen LogP contribution in [0, 0.1) is 11.6 Å². The Balaban J connectivity index is 3.04. The minimum absolute atomic E-state index is 0.0412. The predicted molar refractivity (Wildman–Crippen MR) is 69.7 cm³/mol. The molecule has 0 saturated carbocycles. The lowest BCUT2D eigenvalue weighted by Crippen LogP contribution is -1.96. The van der Waals surface area contributed by atoms with Crippen molar-refractivity contribution in [3.05, 3.63) is 47.5 Å². The molecule has 0 atom stereocenters. The molecule has 2 aromatic rings. The van der Waals surface area contributed by atoms with E-state index in [1.165, 1.54) is 24.3 Å². The smallest absolute Gasteiger partial charge is 0.172 e. The molecule has 0 saturated heterocycles. The lowest BCUT2D eigenvalue weighted by Gasteiger charge is -2.15. The third-order valence-electron chi connectivity index (χ3n) is 3.06. The zero-order valence-corrected chi connectivity index (χ0v) is 10.3. The lowest BCUT2D eigenvalue weighted by molar-refractivity contribution is 0.435. The van der Waals surface area contributed by atoms with Gasteiger partial charge in [-0.3, -0.25) is 0 Å². The van der Waals surface area contributed by atoms with Crippen molar-refractivity contribution in [2.24, 2.45) is 0 Å². The molecule has 0 spiro atoms. The van der Waals surface area contributed by atoms with Gasteiger partial charge >= 0.3 is 0 Å². The summed E-state index contributed by atoms with van der Waals surface area (Å²) in [4.78, 5) is 0. The van der Waals surface area contributed by atoms with Gasteiger partial charge in [0.15, 0.2) is 11.6 Å². The maximum Gasteiger partial charge on any atom is 0.172 e. The van der Waals surface area contributed by atoms with Crippen LogP contribution in [0.25, 0.3) is 16.8 Å². The topological polar surface area (TPSA) is 20.2 Å². The monoisotopic (exact) mass is 248 g/mol. The van der Waals surface area contributed by atoms with E-state index in [-0.39, 0.29) is 16.9 Å². The molecule has 0 aromatic heterocycles. The Bertz CT molecular complexity index is 630. The molecule has 0 aliphatic rings. The fourth-order valence-electron chi connectivity index (χ4n) is 2.16. The molecule has 2 aromatic carbocycles. The van der Waals surface area contributed by atoms with Crippen molar-refractivity contribution in [3.63, 3.8) is 0 Å². The van der Waals surface area contributed by atoms with E-state index in [1.54, 1.807) is 0 Å². The fourth-order valence-corrected chi connectivity index (χ4v) is 2.16. The van der Waals surface area contributed by atoms with Gasteiger partial charge in [0.1, 0.15) is 5.82 Å². The maximum atomic E-state index is 13.9. The lowest BCUT2D eigenvalue weighted by atomic mass is 9.91. The molecule has 0 bridgehead atoms. The molecule has 2 rings (SSSR count). The minimum atomic E-state index is -0.725. The number of aromatic hydroxyl groups is 1. The fraction of sp³-hybridized carbons (Fsp3) is 0.200. The molecular weight excluding hydrogens is 234 g/mol. The maximum absolute atomic E-state index is 13.9. The van der Waals surface area contributed by atoms with Crippen molar-refractivity contribution < 1.29 is 13.9 Å². The average Bonchev–Trinajstić information content (AvgIpc) is 2.33. The first-order chi connectivity index (χ1) is 8.47. The summed E-state index contributed by atoms with van der Waals surface area (Å²) in [6, 6.07) is 3.89. The Morgan fingerprint density at radius 2 is 1.94 bits per heavy atom. The highest BCUT2D eigenvalue weighted by atomic mass is 19.1. The standard InChI is InChI=1S/C15H14F2O/c1-4-9-12(16)6-5-10-14(9)11(8(2)3)7-13(18)15(10)17/h4-8,18H,1H2,2-3H3. The second-order valence-electron chi connectivity index (χ2n) is 4.54. The summed E-state index contributed by atoms with van der Waals surface area (Å²) in [7, 11) is 0. The number of phenolic OH excluding ortho intramolecular Hbond substituents is 1. The summed E-state index contributed by atoms with van der Waals surface area (Å²) in [5, 5.41) is 10.3. The summed E-state index contributed by atoms with van der Waals surface area (Å²) in [5.74, 6) is -1.53. The molecule has 3 heteroatoms. The van der Waals surface area contributed by atoms with Gasteiger partial charge in [-0.1, -0.05) is 26.5 Å². The van der Waals surface area contributed by atoms with Crippen molar-refractivity contribution in [1.29, 1.82) is 0 Å². The third kappa shape index (κ3) is 1.76. The summed E-state index contributed by atoms with van der Waals surface area (Å²) >= 11 is 0. The molecule has 0 aliphatic carbocycles. The minimum Gasteiger partial charge on any atom is -0.505 e. The Kier molecular flexibility index (Phi) is 3.07. The molecule has 94 valence electrons. The van der Waals surface area contributed by atoms with Crippen LogP contribution in [-0.2, 0) is 0 Å². The van der Waals surface area contributed by atoms with Gasteiger partial charge in [-0.25, -0.2) is 8.78 Å². The number of phenols is 1. The Morgan fingerprint density at radius 3 is 2.50 bits per heavy atom. The highest BCUT2D eigenvalue weighted by Gasteiger charge is 2.17. The second kappa shape index (κ2) is 4.41. The van der Waals surface area contributed by atoms with Crippen molar-refractivity contribution >= 4 is 16.8 Å². The van der Waals surface area contributed by atoms with Crippen LogP contribution >= 0.6 is 0 Å². The molecule has 0 fully saturated rings. The van der Waals surface area contributed by atoms with Gasteiger partial charge in [-0.2, -0.15) is 0 Å². The van der Waals surface area contributed by atoms with Crippen LogP contribution in [0.1, 0.15) is 30.9 Å². The van der Waals surface area contributed by atoms with Gasteiger partial charge < -0.3 is 5.11 Å². The van der Waals surface area contributed by atoms with Gasteiger partial charge in [0, 0.05) is 10.9 Å². The summed E-state index contributed by atoms with van der Waals surface area (Å²) in [6.45, 7) is 7.38. The number of hydrogen-bond donors (Lipinski definition) is 1. The van der Waals surface area contributed by atoms with E-state index in [1.807, 2.05) is 13.8 Å². The molecule has 0 aliphatic heterocycles. The summed E-state index contributed by atoms with van der Waals surface area (Å²) in [5.41, 5.74) is 0.980. The highest BCUT2D eigenvalue weighted by molar-refractivity contribution is 5.95. The van der Waals surface area contributed by atoms with Crippen molar-refractivity contribution in [2.75, 3.05) is 0 Å². The molecule has 18 heavy (non-hydrogen) atoms. The second-order valence-corrected chi connectivity index (χ2v) is 4.54. The first-order valence-corrected chi connectivity index (χ1v) is 5.73. The molecule has 0 unspecified atom stereocenters. The van der Waals surface area contributed by atoms with E-state index >= 15 is 0 Å². The normalized spacial score (nSPS) is 11.2. The van der Waals surface area contributed by atoms with Crippen LogP contribution in [0.4, 0.5) is 8.78 Å². The van der Waals surface area contributed by atoms with Gasteiger partial charge in [0.2, 0.25) is 0 Å². The highest BCUT2D eigenvalue weighted by Crippen LogP contribution is 2.36. The van der Waals surface area contributed by atoms with Gasteiger partial charge in [-0.15, -0.1) is 0 Å². The number of halogens is 2. The summed E-state index contributed by atoms with van der Waals surface area (Å²) in [6.07, 6.45) is 1.38. The molecule has 0 amide bonds. The number of rotatable bonds is 2. The van der Waals surface area contributed by atoms with Crippen LogP contribution in [0.5, 0.6) is 5.75 Å². The SMILES string of the molecule is C=Cc1c(F)ccc2c(F)c(O)cc(C(C)C)c12. The first kappa shape index (κ1) is 12.6. The number of hydrogen-bond acceptors (Lipinski definition) is 1. The van der Waals surface area contributed by atoms with Gasteiger partial charge in [-0.05, 0) is 35.1 Å². The van der Waals surface area contributed by atoms with E-state index in [2.05, 4.69) is 6.58 Å². The molecule has 1 N–H and O–H groups in total.